The monoisotopic (exact) mass is 850 g/mol. The van der Waals surface area contributed by atoms with Gasteiger partial charge in [-0.25, -0.2) is 9.67 Å². The number of benzene rings is 4. The van der Waals surface area contributed by atoms with Gasteiger partial charge in [0.15, 0.2) is 0 Å². The number of para-hydroxylation sites is 1. The molecule has 6 heteroatoms. The molecule has 0 spiro atoms. The first-order chi connectivity index (χ1) is 23.6. The molecule has 8 rings (SSSR count). The summed E-state index contributed by atoms with van der Waals surface area (Å²) in [5.41, 5.74) is 13.4. The van der Waals surface area contributed by atoms with E-state index in [4.69, 9.17) is 20.1 Å². The second-order valence-electron chi connectivity index (χ2n) is 17.1. The molecular formula is C45H45N5Pt. The number of hydrogen-bond donors (Lipinski definition) is 0. The Morgan fingerprint density at radius 2 is 1.27 bits per heavy atom. The Hall–Kier alpha value is -4.47. The second kappa shape index (κ2) is 12.1. The van der Waals surface area contributed by atoms with Crippen LogP contribution in [0.5, 0.6) is 0 Å². The van der Waals surface area contributed by atoms with Gasteiger partial charge in [-0.05, 0) is 91.4 Å². The molecule has 51 heavy (non-hydrogen) atoms. The maximum atomic E-state index is 5.46. The number of pyridine rings is 1. The predicted molar refractivity (Wildman–Crippen MR) is 210 cm³/mol. The summed E-state index contributed by atoms with van der Waals surface area (Å²) >= 11 is 0. The van der Waals surface area contributed by atoms with Gasteiger partial charge < -0.3 is 9.97 Å². The number of fused-ring (bicyclic) bond motifs is 5. The third kappa shape index (κ3) is 6.04. The van der Waals surface area contributed by atoms with Crippen molar-refractivity contribution in [1.29, 1.82) is 0 Å². The van der Waals surface area contributed by atoms with Gasteiger partial charge in [-0.2, -0.15) is 11.3 Å². The Morgan fingerprint density at radius 3 is 2.00 bits per heavy atom. The van der Waals surface area contributed by atoms with Crippen molar-refractivity contribution in [1.82, 2.24) is 24.7 Å². The molecule has 4 aromatic carbocycles. The van der Waals surface area contributed by atoms with E-state index in [1.165, 1.54) is 27.6 Å². The normalized spacial score (nSPS) is 12.7. The zero-order valence-corrected chi connectivity index (χ0v) is 33.5. The van der Waals surface area contributed by atoms with Crippen LogP contribution in [0.2, 0.25) is 0 Å². The molecule has 4 aromatic heterocycles. The van der Waals surface area contributed by atoms with Crippen molar-refractivity contribution >= 4 is 43.6 Å². The number of rotatable bonds is 3. The summed E-state index contributed by atoms with van der Waals surface area (Å²) in [6.07, 6.45) is 1.88. The number of hydrogen-bond acceptors (Lipinski definition) is 2. The van der Waals surface area contributed by atoms with Crippen LogP contribution in [0.15, 0.2) is 91.1 Å². The molecule has 0 aliphatic rings. The first-order valence-electron chi connectivity index (χ1n) is 17.6. The minimum Gasteiger partial charge on any atom is -0.663 e. The van der Waals surface area contributed by atoms with Gasteiger partial charge in [0.1, 0.15) is 5.69 Å². The molecule has 5 nitrogen and oxygen atoms in total. The van der Waals surface area contributed by atoms with Gasteiger partial charge in [0.2, 0.25) is 0 Å². The smallest absolute Gasteiger partial charge is 0.663 e. The van der Waals surface area contributed by atoms with Crippen molar-refractivity contribution in [3.8, 4) is 28.3 Å². The quantitative estimate of drug-likeness (QED) is 0.178. The molecule has 0 fully saturated rings. The van der Waals surface area contributed by atoms with E-state index < -0.39 is 0 Å². The van der Waals surface area contributed by atoms with Crippen LogP contribution in [0.25, 0.3) is 71.9 Å². The van der Waals surface area contributed by atoms with Crippen molar-refractivity contribution in [2.45, 2.75) is 85.5 Å². The molecule has 8 aromatic rings. The van der Waals surface area contributed by atoms with Crippen molar-refractivity contribution in [2.75, 3.05) is 0 Å². The average molecular weight is 851 g/mol. The van der Waals surface area contributed by atoms with E-state index in [1.807, 2.05) is 6.20 Å². The van der Waals surface area contributed by atoms with E-state index in [0.717, 1.165) is 66.6 Å². The Bertz CT molecular complexity index is 2610. The Balaban J connectivity index is 0.00000406. The average Bonchev–Trinajstić information content (AvgIpc) is 3.77. The van der Waals surface area contributed by atoms with Crippen LogP contribution in [0, 0.1) is 6.92 Å². The Morgan fingerprint density at radius 1 is 0.608 bits per heavy atom. The number of aromatic nitrogens is 5. The SMILES string of the molecule is Cc1cc(-c2cc(C(C)(C)C)cc(-c3nn(-c4cc(C(C)(C)C)cc5c4[n-]c4ccc(C(C)(C)C)cc45)c4ccccc34)n2)c2[n-]ccc2c1.[Pt+2]. The largest absolute Gasteiger partial charge is 2.00 e. The summed E-state index contributed by atoms with van der Waals surface area (Å²) in [6, 6.07) is 30.8. The van der Waals surface area contributed by atoms with Gasteiger partial charge in [-0.3, -0.25) is 0 Å². The summed E-state index contributed by atoms with van der Waals surface area (Å²) in [7, 11) is 0. The standard InChI is InChI=1S/C45H45N5.Pt/c1-26-19-27-17-18-46-40(27)34(20-26)36-23-30(45(8,9)10)24-37(47-36)41-31-13-11-12-14-38(31)50(49-41)39-25-29(44(5,6)7)22-33-32-21-28(43(2,3)4)15-16-35(32)48-42(33)39;/h11-25H,1-10H3;/q-2;+2. The minimum absolute atomic E-state index is 0. The van der Waals surface area contributed by atoms with E-state index in [0.29, 0.717) is 0 Å². The predicted octanol–water partition coefficient (Wildman–Crippen LogP) is 11.3. The van der Waals surface area contributed by atoms with Crippen LogP contribution in [0.4, 0.5) is 0 Å². The first-order valence-corrected chi connectivity index (χ1v) is 17.6. The minimum atomic E-state index is -0.106. The van der Waals surface area contributed by atoms with Gasteiger partial charge in [-0.1, -0.05) is 123 Å². The van der Waals surface area contributed by atoms with Gasteiger partial charge in [0.05, 0.1) is 22.6 Å². The van der Waals surface area contributed by atoms with Crippen molar-refractivity contribution < 1.29 is 21.1 Å². The van der Waals surface area contributed by atoms with E-state index in [1.54, 1.807) is 0 Å². The molecule has 260 valence electrons. The Kier molecular flexibility index (Phi) is 8.26. The molecule has 0 amide bonds. The summed E-state index contributed by atoms with van der Waals surface area (Å²) < 4.78 is 2.10. The van der Waals surface area contributed by atoms with Crippen LogP contribution in [-0.2, 0) is 37.3 Å². The summed E-state index contributed by atoms with van der Waals surface area (Å²) in [5.74, 6) is 0. The molecular weight excluding hydrogens is 806 g/mol. The molecule has 0 bridgehead atoms. The van der Waals surface area contributed by atoms with Gasteiger partial charge in [-0.15, -0.1) is 16.6 Å². The molecule has 0 saturated heterocycles. The van der Waals surface area contributed by atoms with Crippen molar-refractivity contribution in [3.05, 3.63) is 113 Å². The fourth-order valence-electron chi connectivity index (χ4n) is 7.10. The third-order valence-corrected chi connectivity index (χ3v) is 10.1. The number of nitrogens with zero attached hydrogens (tertiary/aromatic N) is 5. The summed E-state index contributed by atoms with van der Waals surface area (Å²) in [5, 5.41) is 9.99. The fraction of sp³-hybridized carbons (Fsp3) is 0.289. The van der Waals surface area contributed by atoms with Crippen LogP contribution < -0.4 is 9.97 Å². The van der Waals surface area contributed by atoms with Crippen molar-refractivity contribution in [3.63, 3.8) is 0 Å². The molecule has 0 aliphatic carbocycles. The molecule has 0 radical (unpaired) electrons. The fourth-order valence-corrected chi connectivity index (χ4v) is 7.10. The second-order valence-corrected chi connectivity index (χ2v) is 17.1. The van der Waals surface area contributed by atoms with Crippen LogP contribution in [0.3, 0.4) is 0 Å². The van der Waals surface area contributed by atoms with Crippen LogP contribution in [0.1, 0.15) is 84.6 Å². The van der Waals surface area contributed by atoms with Gasteiger partial charge in [0.25, 0.3) is 0 Å². The molecule has 0 saturated carbocycles. The van der Waals surface area contributed by atoms with Crippen LogP contribution >= 0.6 is 0 Å². The van der Waals surface area contributed by atoms with Gasteiger partial charge in [0, 0.05) is 5.39 Å². The van der Waals surface area contributed by atoms with E-state index in [9.17, 15) is 0 Å². The topological polar surface area (TPSA) is 58.9 Å². The zero-order valence-electron chi connectivity index (χ0n) is 31.2. The third-order valence-electron chi connectivity index (χ3n) is 10.1. The molecule has 0 N–H and O–H groups in total. The van der Waals surface area contributed by atoms with E-state index >= 15 is 0 Å². The number of aryl methyl sites for hydroxylation is 1. The van der Waals surface area contributed by atoms with Gasteiger partial charge >= 0.3 is 21.1 Å². The molecule has 4 heterocycles. The molecule has 0 unspecified atom stereocenters. The Labute approximate surface area is 315 Å². The van der Waals surface area contributed by atoms with Crippen molar-refractivity contribution in [2.24, 2.45) is 0 Å². The van der Waals surface area contributed by atoms with E-state index in [-0.39, 0.29) is 37.3 Å². The molecule has 0 aliphatic heterocycles. The first kappa shape index (κ1) is 35.0. The van der Waals surface area contributed by atoms with Crippen LogP contribution in [-0.4, -0.2) is 14.8 Å². The maximum absolute atomic E-state index is 5.46. The summed E-state index contributed by atoms with van der Waals surface area (Å²) in [4.78, 5) is 15.4. The zero-order chi connectivity index (χ0) is 35.3. The maximum Gasteiger partial charge on any atom is 2.00 e. The van der Waals surface area contributed by atoms with E-state index in [2.05, 4.69) is 159 Å². The molecule has 0 atom stereocenters. The summed E-state index contributed by atoms with van der Waals surface area (Å²) in [6.45, 7) is 22.5.